The fourth-order valence-corrected chi connectivity index (χ4v) is 11.0. The first-order chi connectivity index (χ1) is 21.8. The van der Waals surface area contributed by atoms with Crippen molar-refractivity contribution in [3.05, 3.63) is 175 Å². The second-order valence-corrected chi connectivity index (χ2v) is 15.4. The van der Waals surface area contributed by atoms with Crippen LogP contribution in [0.3, 0.4) is 0 Å². The number of aryl methyl sites for hydroxylation is 1. The molecule has 1 aromatic heterocycles. The Bertz CT molecular complexity index is 1740. The third-order valence-corrected chi connectivity index (χ3v) is 13.4. The van der Waals surface area contributed by atoms with Gasteiger partial charge in [0.15, 0.2) is 8.07 Å². The molecule has 5 aromatic carbocycles. The van der Waals surface area contributed by atoms with E-state index >= 15 is 0 Å². The van der Waals surface area contributed by atoms with Gasteiger partial charge in [-0.05, 0) is 45.1 Å². The average molecular weight is 587 g/mol. The van der Waals surface area contributed by atoms with Crippen LogP contribution in [0.25, 0.3) is 11.5 Å². The van der Waals surface area contributed by atoms with Gasteiger partial charge in [-0.15, -0.1) is 0 Å². The molecule has 0 aliphatic carbocycles. The molecule has 0 unspecified atom stereocenters. The summed E-state index contributed by atoms with van der Waals surface area (Å²) in [5, 5.41) is 4.29. The third kappa shape index (κ3) is 6.61. The van der Waals surface area contributed by atoms with Crippen LogP contribution in [0.5, 0.6) is 0 Å². The van der Waals surface area contributed by atoms with Crippen molar-refractivity contribution in [1.29, 1.82) is 0 Å². The molecule has 44 heavy (non-hydrogen) atoms. The fraction of sp³-hybridized carbons (Fsp3) is 0.125. The van der Waals surface area contributed by atoms with Crippen LogP contribution in [0.4, 0.5) is 0 Å². The smallest absolute Gasteiger partial charge is 0.239 e. The Hall–Kier alpha value is -4.67. The van der Waals surface area contributed by atoms with Gasteiger partial charge in [0.05, 0.1) is 5.72 Å². The fourth-order valence-electron chi connectivity index (χ4n) is 6.31. The van der Waals surface area contributed by atoms with Crippen molar-refractivity contribution < 1.29 is 0 Å². The van der Waals surface area contributed by atoms with Crippen LogP contribution in [-0.4, -0.2) is 24.9 Å². The summed E-state index contributed by atoms with van der Waals surface area (Å²) in [4.78, 5) is 4.99. The molecule has 0 atom stereocenters. The van der Waals surface area contributed by atoms with Gasteiger partial charge in [0.1, 0.15) is 0 Å². The van der Waals surface area contributed by atoms with E-state index < -0.39 is 8.07 Å². The van der Waals surface area contributed by atoms with Crippen LogP contribution in [0.15, 0.2) is 158 Å². The summed E-state index contributed by atoms with van der Waals surface area (Å²) in [6.45, 7) is 2.27. The van der Waals surface area contributed by atoms with Crippen LogP contribution < -0.4 is 21.3 Å². The molecule has 0 saturated carbocycles. The Morgan fingerprint density at radius 2 is 1.30 bits per heavy atom. The van der Waals surface area contributed by atoms with Gasteiger partial charge in [-0.3, -0.25) is 4.98 Å². The Labute approximate surface area is 264 Å². The first kappa shape index (κ1) is 29.4. The van der Waals surface area contributed by atoms with Crippen LogP contribution in [0.1, 0.15) is 36.5 Å². The van der Waals surface area contributed by atoms with Crippen molar-refractivity contribution in [2.24, 2.45) is 0 Å². The van der Waals surface area contributed by atoms with Gasteiger partial charge in [-0.1, -0.05) is 170 Å². The number of hydrogen-bond donors (Lipinski definition) is 0. The topological polar surface area (TPSA) is 17.8 Å². The molecule has 0 aliphatic rings. The highest BCUT2D eigenvalue weighted by Gasteiger charge is 2.40. The second-order valence-electron chi connectivity index (χ2n) is 11.5. The highest BCUT2D eigenvalue weighted by atomic mass is 28.3. The summed E-state index contributed by atoms with van der Waals surface area (Å²) < 4.78 is 2.44. The van der Waals surface area contributed by atoms with Crippen molar-refractivity contribution in [2.75, 3.05) is 0 Å². The molecule has 0 fully saturated rings. The van der Waals surface area contributed by atoms with E-state index in [9.17, 15) is 0 Å². The van der Waals surface area contributed by atoms with E-state index in [4.69, 9.17) is 4.98 Å². The Kier molecular flexibility index (Phi) is 9.49. The van der Waals surface area contributed by atoms with Crippen molar-refractivity contribution >= 4 is 48.2 Å². The van der Waals surface area contributed by atoms with Crippen molar-refractivity contribution in [1.82, 2.24) is 9.55 Å². The predicted octanol–water partition coefficient (Wildman–Crippen LogP) is 6.20. The van der Waals surface area contributed by atoms with Gasteiger partial charge in [0.2, 0.25) is 7.28 Å². The van der Waals surface area contributed by atoms with Gasteiger partial charge in [-0.25, -0.2) is 0 Å². The molecule has 4 heteroatoms. The molecular formula is C40H39BN2Si. The molecule has 1 heterocycles. The van der Waals surface area contributed by atoms with Gasteiger partial charge >= 0.3 is 0 Å². The summed E-state index contributed by atoms with van der Waals surface area (Å²) in [5.74, 6) is 0. The minimum absolute atomic E-state index is 0.747. The minimum Gasteiger partial charge on any atom is -0.345 e. The molecule has 0 bridgehead atoms. The normalized spacial score (nSPS) is 11.8. The van der Waals surface area contributed by atoms with Crippen molar-refractivity contribution in [3.8, 4) is 0 Å². The van der Waals surface area contributed by atoms with Crippen LogP contribution in [-0.2, 0) is 12.6 Å². The Morgan fingerprint density at radius 1 is 0.705 bits per heavy atom. The van der Waals surface area contributed by atoms with E-state index in [-0.39, 0.29) is 0 Å². The van der Waals surface area contributed by atoms with Gasteiger partial charge < -0.3 is 4.57 Å². The second kappa shape index (κ2) is 14.2. The number of rotatable bonds is 12. The zero-order chi connectivity index (χ0) is 30.0. The number of imidazole rings is 1. The van der Waals surface area contributed by atoms with E-state index in [1.54, 1.807) is 0 Å². The number of hydrogen-bond acceptors (Lipinski definition) is 1. The average Bonchev–Trinajstić information content (AvgIpc) is 3.53. The first-order valence-corrected chi connectivity index (χ1v) is 18.0. The van der Waals surface area contributed by atoms with E-state index in [1.165, 1.54) is 50.6 Å². The molecule has 2 nitrogen and oxygen atoms in total. The summed E-state index contributed by atoms with van der Waals surface area (Å²) >= 11 is 0. The monoisotopic (exact) mass is 586 g/mol. The summed E-state index contributed by atoms with van der Waals surface area (Å²) in [6, 6.07) is 53.3. The SMILES string of the molecule is CCCCc1cccc([Si](Cn2ccnc2BC(=Cc2ccccc2)c2ccccc2)(c2ccccc2)c2ccccc2)c1. The summed E-state index contributed by atoms with van der Waals surface area (Å²) in [7, 11) is -1.78. The van der Waals surface area contributed by atoms with Gasteiger partial charge in [0, 0.05) is 18.6 Å². The van der Waals surface area contributed by atoms with Crippen LogP contribution >= 0.6 is 0 Å². The number of benzene rings is 5. The summed E-state index contributed by atoms with van der Waals surface area (Å²) in [5.41, 5.74) is 6.20. The van der Waals surface area contributed by atoms with E-state index in [1.807, 2.05) is 6.20 Å². The Balaban J connectivity index is 1.48. The maximum Gasteiger partial charge on any atom is 0.239 e. The van der Waals surface area contributed by atoms with E-state index in [0.29, 0.717) is 0 Å². The first-order valence-electron chi connectivity index (χ1n) is 15.8. The molecular weight excluding hydrogens is 547 g/mol. The lowest BCUT2D eigenvalue weighted by molar-refractivity contribution is 0.795. The molecule has 6 rings (SSSR count). The predicted molar refractivity (Wildman–Crippen MR) is 192 cm³/mol. The molecule has 0 saturated heterocycles. The molecule has 0 spiro atoms. The van der Waals surface area contributed by atoms with Gasteiger partial charge in [0.25, 0.3) is 0 Å². The zero-order valence-corrected chi connectivity index (χ0v) is 26.5. The number of unbranched alkanes of at least 4 members (excludes halogenated alkanes) is 1. The maximum atomic E-state index is 4.99. The zero-order valence-electron chi connectivity index (χ0n) is 25.5. The van der Waals surface area contributed by atoms with E-state index in [0.717, 1.165) is 25.6 Å². The molecule has 6 aromatic rings. The van der Waals surface area contributed by atoms with E-state index in [2.05, 4.69) is 169 Å². The third-order valence-electron chi connectivity index (χ3n) is 8.61. The maximum absolute atomic E-state index is 4.99. The highest BCUT2D eigenvalue weighted by Crippen LogP contribution is 2.18. The molecule has 0 radical (unpaired) electrons. The largest absolute Gasteiger partial charge is 0.345 e. The summed E-state index contributed by atoms with van der Waals surface area (Å²) in [6.07, 6.45) is 10.9. The quantitative estimate of drug-likeness (QED) is 0.0950. The standard InChI is InChI=1S/C40H39BN2Si/c1-2-3-17-33-20-16-27-38(30-33)44(36-23-12-6-13-24-36,37-25-14-7-15-26-37)32-43-29-28-42-40(43)41-39(35-21-10-5-11-22-35)31-34-18-8-4-9-19-34/h4-16,18-31,41H,2-3,17,32H2,1H3. The van der Waals surface area contributed by atoms with Crippen molar-refractivity contribution in [2.45, 2.75) is 32.4 Å². The van der Waals surface area contributed by atoms with Crippen LogP contribution in [0.2, 0.25) is 0 Å². The highest BCUT2D eigenvalue weighted by molar-refractivity contribution is 7.10. The molecule has 216 valence electrons. The molecule has 0 amide bonds. The van der Waals surface area contributed by atoms with Crippen LogP contribution in [0, 0.1) is 0 Å². The van der Waals surface area contributed by atoms with Gasteiger partial charge in [-0.2, -0.15) is 0 Å². The molecule has 0 N–H and O–H groups in total. The van der Waals surface area contributed by atoms with Crippen molar-refractivity contribution in [3.63, 3.8) is 0 Å². The lowest BCUT2D eigenvalue weighted by Gasteiger charge is -2.35. The number of aromatic nitrogens is 2. The lowest BCUT2D eigenvalue weighted by Crippen LogP contribution is -2.70. The minimum atomic E-state index is -2.53. The molecule has 0 aliphatic heterocycles. The lowest BCUT2D eigenvalue weighted by atomic mass is 9.65. The number of nitrogens with zero attached hydrogens (tertiary/aromatic N) is 2. The Morgan fingerprint density at radius 3 is 1.93 bits per heavy atom.